The van der Waals surface area contributed by atoms with Crippen molar-refractivity contribution >= 4 is 6.09 Å². The average Bonchev–Trinajstić information content (AvgIpc) is 3.17. The van der Waals surface area contributed by atoms with E-state index >= 15 is 0 Å². The Morgan fingerprint density at radius 1 is 1.39 bits per heavy atom. The fraction of sp³-hybridized carbons (Fsp3) is 0.500. The van der Waals surface area contributed by atoms with Gasteiger partial charge in [-0.3, -0.25) is 0 Å². The first-order valence-corrected chi connectivity index (χ1v) is 6.35. The largest absolute Gasteiger partial charge is 0.445 e. The second kappa shape index (κ2) is 4.61. The van der Waals surface area contributed by atoms with Crippen molar-refractivity contribution in [1.29, 1.82) is 0 Å². The Bertz CT molecular complexity index is 434. The summed E-state index contributed by atoms with van der Waals surface area (Å²) >= 11 is 0. The third-order valence-corrected chi connectivity index (χ3v) is 3.55. The van der Waals surface area contributed by atoms with Gasteiger partial charge in [-0.2, -0.15) is 0 Å². The quantitative estimate of drug-likeness (QED) is 0.751. The predicted octanol–water partition coefficient (Wildman–Crippen LogP) is 2.04. The zero-order chi connectivity index (χ0) is 12.5. The Balaban J connectivity index is 1.52. The minimum Gasteiger partial charge on any atom is -0.445 e. The van der Waals surface area contributed by atoms with Gasteiger partial charge < -0.3 is 14.4 Å². The van der Waals surface area contributed by atoms with Crippen LogP contribution in [-0.4, -0.2) is 36.3 Å². The molecular weight excluding hydrogens is 230 g/mol. The molecule has 18 heavy (non-hydrogen) atoms. The third-order valence-electron chi connectivity index (χ3n) is 3.55. The molecule has 0 aliphatic carbocycles. The number of ether oxygens (including phenoxy) is 2. The molecule has 0 spiro atoms. The maximum Gasteiger partial charge on any atom is 0.410 e. The molecule has 2 heterocycles. The summed E-state index contributed by atoms with van der Waals surface area (Å²) in [4.78, 5) is 13.7. The number of piperidine rings is 1. The zero-order valence-corrected chi connectivity index (χ0v) is 10.4. The zero-order valence-electron chi connectivity index (χ0n) is 10.4. The van der Waals surface area contributed by atoms with E-state index < -0.39 is 0 Å². The molecule has 1 aromatic rings. The number of carbonyl (C=O) groups excluding carboxylic acids is 1. The molecule has 0 unspecified atom stereocenters. The van der Waals surface area contributed by atoms with Crippen molar-refractivity contribution in [2.24, 2.45) is 5.92 Å². The number of likely N-dealkylation sites (tertiary alicyclic amines) is 1. The highest BCUT2D eigenvalue weighted by molar-refractivity contribution is 5.68. The van der Waals surface area contributed by atoms with Crippen LogP contribution in [0.1, 0.15) is 12.5 Å². The van der Waals surface area contributed by atoms with Crippen LogP contribution in [0.2, 0.25) is 0 Å². The van der Waals surface area contributed by atoms with E-state index in [0.717, 1.165) is 12.1 Å². The van der Waals surface area contributed by atoms with Gasteiger partial charge in [0.25, 0.3) is 0 Å². The summed E-state index contributed by atoms with van der Waals surface area (Å²) in [6.45, 7) is 3.85. The molecule has 0 aromatic heterocycles. The van der Waals surface area contributed by atoms with Crippen molar-refractivity contribution in [3.8, 4) is 0 Å². The molecule has 1 amide bonds. The summed E-state index contributed by atoms with van der Waals surface area (Å²) < 4.78 is 10.8. The molecule has 2 saturated heterocycles. The molecule has 4 nitrogen and oxygen atoms in total. The molecule has 0 bridgehead atoms. The van der Waals surface area contributed by atoms with Crippen molar-refractivity contribution in [2.75, 3.05) is 13.1 Å². The van der Waals surface area contributed by atoms with Gasteiger partial charge >= 0.3 is 6.09 Å². The van der Waals surface area contributed by atoms with Crippen LogP contribution in [0.15, 0.2) is 30.3 Å². The molecule has 0 saturated carbocycles. The van der Waals surface area contributed by atoms with Crippen molar-refractivity contribution in [3.63, 3.8) is 0 Å². The average molecular weight is 247 g/mol. The third kappa shape index (κ3) is 2.34. The summed E-state index contributed by atoms with van der Waals surface area (Å²) in [5.41, 5.74) is 1.01. The Kier molecular flexibility index (Phi) is 2.96. The van der Waals surface area contributed by atoms with E-state index in [9.17, 15) is 4.79 Å². The number of fused-ring (bicyclic) bond motifs is 1. The second-order valence-corrected chi connectivity index (χ2v) is 5.06. The van der Waals surface area contributed by atoms with Crippen LogP contribution in [0.4, 0.5) is 4.79 Å². The van der Waals surface area contributed by atoms with E-state index in [1.165, 1.54) is 0 Å². The van der Waals surface area contributed by atoms with Crippen molar-refractivity contribution in [3.05, 3.63) is 35.9 Å². The smallest absolute Gasteiger partial charge is 0.410 e. The van der Waals surface area contributed by atoms with E-state index in [-0.39, 0.29) is 12.2 Å². The normalized spacial score (nSPS) is 29.6. The Morgan fingerprint density at radius 3 is 2.89 bits per heavy atom. The van der Waals surface area contributed by atoms with Crippen LogP contribution >= 0.6 is 0 Å². The van der Waals surface area contributed by atoms with Gasteiger partial charge in [-0.25, -0.2) is 4.79 Å². The number of benzene rings is 1. The predicted molar refractivity (Wildman–Crippen MR) is 66.0 cm³/mol. The Labute approximate surface area is 106 Å². The number of hydrogen-bond acceptors (Lipinski definition) is 3. The Morgan fingerprint density at radius 2 is 2.17 bits per heavy atom. The van der Waals surface area contributed by atoms with Crippen molar-refractivity contribution in [2.45, 2.75) is 25.7 Å². The maximum atomic E-state index is 11.9. The molecule has 0 radical (unpaired) electrons. The van der Waals surface area contributed by atoms with Gasteiger partial charge in [0.2, 0.25) is 0 Å². The highest BCUT2D eigenvalue weighted by Gasteiger charge is 2.49. The minimum atomic E-state index is -0.236. The van der Waals surface area contributed by atoms with E-state index in [2.05, 4.69) is 6.92 Å². The molecule has 3 rings (SSSR count). The molecule has 1 aromatic carbocycles. The molecule has 2 aliphatic rings. The highest BCUT2D eigenvalue weighted by Crippen LogP contribution is 2.35. The Hall–Kier alpha value is -1.55. The first-order valence-electron chi connectivity index (χ1n) is 6.35. The summed E-state index contributed by atoms with van der Waals surface area (Å²) in [7, 11) is 0. The molecule has 0 N–H and O–H groups in total. The topological polar surface area (TPSA) is 42.1 Å². The lowest BCUT2D eigenvalue weighted by Crippen LogP contribution is -2.43. The van der Waals surface area contributed by atoms with Gasteiger partial charge in [-0.1, -0.05) is 37.3 Å². The van der Waals surface area contributed by atoms with Gasteiger partial charge in [0.1, 0.15) is 12.7 Å². The number of nitrogens with zero attached hydrogens (tertiary/aromatic N) is 1. The number of carbonyl (C=O) groups is 1. The number of amides is 1. The van der Waals surface area contributed by atoms with Crippen LogP contribution in [-0.2, 0) is 16.1 Å². The molecule has 2 aliphatic heterocycles. The molecular formula is C14H17NO3. The molecule has 96 valence electrons. The lowest BCUT2D eigenvalue weighted by Gasteiger charge is -2.27. The van der Waals surface area contributed by atoms with Crippen molar-refractivity contribution in [1.82, 2.24) is 4.90 Å². The molecule has 4 heteroatoms. The maximum absolute atomic E-state index is 11.9. The van der Waals surface area contributed by atoms with Gasteiger partial charge in [0.15, 0.2) is 0 Å². The highest BCUT2D eigenvalue weighted by atomic mass is 16.6. The van der Waals surface area contributed by atoms with E-state index in [0.29, 0.717) is 25.2 Å². The molecule has 2 fully saturated rings. The van der Waals surface area contributed by atoms with Gasteiger partial charge in [-0.05, 0) is 5.56 Å². The summed E-state index contributed by atoms with van der Waals surface area (Å²) in [6.07, 6.45) is 0.362. The second-order valence-electron chi connectivity index (χ2n) is 5.06. The summed E-state index contributed by atoms with van der Waals surface area (Å²) in [6, 6.07) is 9.73. The van der Waals surface area contributed by atoms with E-state index in [4.69, 9.17) is 9.47 Å². The fourth-order valence-electron chi connectivity index (χ4n) is 2.51. The summed E-state index contributed by atoms with van der Waals surface area (Å²) in [5.74, 6) is 0.410. The molecule has 3 atom stereocenters. The monoisotopic (exact) mass is 247 g/mol. The van der Waals surface area contributed by atoms with Crippen LogP contribution in [0.5, 0.6) is 0 Å². The van der Waals surface area contributed by atoms with Gasteiger partial charge in [0, 0.05) is 12.5 Å². The SMILES string of the molecule is C[C@@H]1CN(C(=O)OCc2ccccc2)C[C@H]2O[C@@H]12. The van der Waals surface area contributed by atoms with Crippen LogP contribution in [0.3, 0.4) is 0 Å². The fourth-order valence-corrected chi connectivity index (χ4v) is 2.51. The van der Waals surface area contributed by atoms with E-state index in [1.54, 1.807) is 4.90 Å². The number of rotatable bonds is 2. The first-order chi connectivity index (χ1) is 8.74. The summed E-state index contributed by atoms with van der Waals surface area (Å²) in [5, 5.41) is 0. The van der Waals surface area contributed by atoms with Crippen LogP contribution in [0, 0.1) is 5.92 Å². The van der Waals surface area contributed by atoms with Crippen LogP contribution in [0.25, 0.3) is 0 Å². The van der Waals surface area contributed by atoms with Gasteiger partial charge in [0.05, 0.1) is 12.6 Å². The van der Waals surface area contributed by atoms with Crippen LogP contribution < -0.4 is 0 Å². The lowest BCUT2D eigenvalue weighted by atomic mass is 10.0. The van der Waals surface area contributed by atoms with Crippen molar-refractivity contribution < 1.29 is 14.3 Å². The van der Waals surface area contributed by atoms with Gasteiger partial charge in [-0.15, -0.1) is 0 Å². The van der Waals surface area contributed by atoms with E-state index in [1.807, 2.05) is 30.3 Å². The number of epoxide rings is 1. The lowest BCUT2D eigenvalue weighted by molar-refractivity contribution is 0.0861. The standard InChI is InChI=1S/C14H17NO3/c1-10-7-15(8-12-13(10)18-12)14(16)17-9-11-5-3-2-4-6-11/h2-6,10,12-13H,7-9H2,1H3/t10-,12-,13+/m1/s1. The minimum absolute atomic E-state index is 0.234. The number of hydrogen-bond donors (Lipinski definition) is 0. The first kappa shape index (κ1) is 11.5.